The highest BCUT2D eigenvalue weighted by Gasteiger charge is 2.64. The van der Waals surface area contributed by atoms with Crippen LogP contribution < -0.4 is 0 Å². The quantitative estimate of drug-likeness (QED) is 0.317. The molecule has 34 heavy (non-hydrogen) atoms. The van der Waals surface area contributed by atoms with Gasteiger partial charge in [-0.1, -0.05) is 0 Å². The van der Waals surface area contributed by atoms with Crippen LogP contribution in [0.2, 0.25) is 0 Å². The van der Waals surface area contributed by atoms with Crippen molar-refractivity contribution in [3.63, 3.8) is 0 Å². The fraction of sp³-hybridized carbons (Fsp3) is 0.667. The van der Waals surface area contributed by atoms with Crippen molar-refractivity contribution in [3.8, 4) is 0 Å². The molecule has 1 aliphatic heterocycles. The minimum absolute atomic E-state index is 1.44. The molecule has 0 aromatic heterocycles. The van der Waals surface area contributed by atoms with Crippen LogP contribution in [0.25, 0.3) is 0 Å². The first-order valence-corrected chi connectivity index (χ1v) is 7.43. The molecule has 0 unspecified atom stereocenters. The van der Waals surface area contributed by atoms with Gasteiger partial charge in [-0.05, 0) is 0 Å². The van der Waals surface area contributed by atoms with E-state index in [0.29, 0.717) is 0 Å². The van der Waals surface area contributed by atoms with E-state index in [1.807, 2.05) is 0 Å². The van der Waals surface area contributed by atoms with E-state index in [4.69, 9.17) is 0 Å². The Hall–Kier alpha value is -2.58. The van der Waals surface area contributed by atoms with Crippen LogP contribution in [0, 0.1) is 11.8 Å². The number of azo groups is 2. The molecule has 22 heteroatoms. The molecule has 196 valence electrons. The average Bonchev–Trinajstić information content (AvgIpc) is 2.43. The van der Waals surface area contributed by atoms with Crippen molar-refractivity contribution in [2.45, 2.75) is 37.1 Å². The first-order chi connectivity index (χ1) is 14.7. The second kappa shape index (κ2) is 8.57. The first-order valence-electron chi connectivity index (χ1n) is 7.43. The van der Waals surface area contributed by atoms with Crippen molar-refractivity contribution in [1.29, 1.82) is 0 Å². The minimum Gasteiger partial charge on any atom is -0.170 e. The molecule has 0 aromatic carbocycles. The maximum absolute atomic E-state index is 13.0. The Morgan fingerprint density at radius 3 is 0.706 bits per heavy atom. The van der Waals surface area contributed by atoms with Crippen LogP contribution in [0.3, 0.4) is 0 Å². The molecule has 0 radical (unpaired) electrons. The molecule has 0 N–H and O–H groups in total. The predicted molar refractivity (Wildman–Crippen MR) is 67.1 cm³/mol. The van der Waals surface area contributed by atoms with Gasteiger partial charge < -0.3 is 0 Å². The average molecular weight is 544 g/mol. The smallest absolute Gasteiger partial charge is 0.170 e. The normalized spacial score (nSPS) is 23.9. The number of hydrogen-bond acceptors (Lipinski definition) is 4. The summed E-state index contributed by atoms with van der Waals surface area (Å²) in [4.78, 5) is 0. The summed E-state index contributed by atoms with van der Waals surface area (Å²) in [7, 11) is 0. The van der Waals surface area contributed by atoms with Crippen molar-refractivity contribution in [1.82, 2.24) is 0 Å². The van der Waals surface area contributed by atoms with Crippen LogP contribution >= 0.6 is 0 Å². The van der Waals surface area contributed by atoms with Crippen LogP contribution in [-0.4, -0.2) is 37.1 Å². The molecule has 0 amide bonds. The molecule has 1 aliphatic rings. The van der Waals surface area contributed by atoms with Crippen LogP contribution in [-0.2, 0) is 0 Å². The predicted octanol–water partition coefficient (Wildman–Crippen LogP) is 7.93. The molecule has 0 spiro atoms. The summed E-state index contributed by atoms with van der Waals surface area (Å²) in [5.41, 5.74) is -14.1. The largest absolute Gasteiger partial charge is 0.437 e. The zero-order valence-electron chi connectivity index (χ0n) is 14.7. The van der Waals surface area contributed by atoms with Crippen molar-refractivity contribution >= 4 is 0 Å². The van der Waals surface area contributed by atoms with Gasteiger partial charge in [0.05, 0.1) is 0 Å². The number of alkyl halides is 18. The number of rotatable bonds is 2. The third-order valence-electron chi connectivity index (χ3n) is 3.39. The van der Waals surface area contributed by atoms with Crippen LogP contribution in [0.4, 0.5) is 79.0 Å². The monoisotopic (exact) mass is 544 g/mol. The molecule has 1 rings (SSSR count). The Labute approximate surface area is 172 Å². The van der Waals surface area contributed by atoms with Crippen LogP contribution in [0.5, 0.6) is 0 Å². The zero-order chi connectivity index (χ0) is 27.3. The van der Waals surface area contributed by atoms with E-state index in [9.17, 15) is 79.0 Å². The molecule has 0 aromatic rings. The van der Waals surface area contributed by atoms with Crippen molar-refractivity contribution in [3.05, 3.63) is 22.8 Å². The lowest BCUT2D eigenvalue weighted by Gasteiger charge is -2.26. The highest BCUT2D eigenvalue weighted by molar-refractivity contribution is 5.27. The van der Waals surface area contributed by atoms with Gasteiger partial charge in [-0.15, -0.1) is 10.2 Å². The Kier molecular flexibility index (Phi) is 7.43. The number of hydrogen-bond donors (Lipinski definition) is 0. The van der Waals surface area contributed by atoms with Crippen LogP contribution in [0.1, 0.15) is 0 Å². The van der Waals surface area contributed by atoms with E-state index in [1.54, 1.807) is 0 Å². The Bertz CT molecular complexity index is 783. The fourth-order valence-corrected chi connectivity index (χ4v) is 2.19. The summed E-state index contributed by atoms with van der Waals surface area (Å²) in [5.74, 6) is -10.7. The van der Waals surface area contributed by atoms with E-state index in [1.165, 1.54) is 20.5 Å². The number of nitrogens with zero attached hydrogens (tertiary/aromatic N) is 4. The third-order valence-corrected chi connectivity index (χ3v) is 3.39. The molecule has 4 nitrogen and oxygen atoms in total. The molecule has 0 fully saturated rings. The van der Waals surface area contributed by atoms with E-state index in [0.717, 1.165) is 0 Å². The van der Waals surface area contributed by atoms with Gasteiger partial charge in [0, 0.05) is 0 Å². The van der Waals surface area contributed by atoms with Gasteiger partial charge >= 0.3 is 37.1 Å². The lowest BCUT2D eigenvalue weighted by molar-refractivity contribution is -0.273. The van der Waals surface area contributed by atoms with Gasteiger partial charge in [-0.25, -0.2) is 0 Å². The summed E-state index contributed by atoms with van der Waals surface area (Å²) in [5, 5.41) is 5.86. The Morgan fingerprint density at radius 2 is 0.559 bits per heavy atom. The van der Waals surface area contributed by atoms with Gasteiger partial charge in [0.2, 0.25) is 0 Å². The summed E-state index contributed by atoms with van der Waals surface area (Å²) in [6.07, 6.45) is -40.2. The second-order valence-corrected chi connectivity index (χ2v) is 5.90. The maximum Gasteiger partial charge on any atom is 0.437 e. The Balaban J connectivity index is 4.16. The molecular weight excluding hydrogens is 542 g/mol. The SMILES string of the molecule is FC(F)(F)C1=C(C(C(F)(F)F)C(F)(F)F)/N=N\C(C(F)(F)F)=C(C(C(F)(F)F)C(F)(F)F)/N=N\1. The number of allylic oxidation sites excluding steroid dienone is 4. The molecule has 0 bridgehead atoms. The molecule has 0 saturated carbocycles. The molecule has 0 atom stereocenters. The Morgan fingerprint density at radius 1 is 0.353 bits per heavy atom. The summed E-state index contributed by atoms with van der Waals surface area (Å²) < 4.78 is 232. The highest BCUT2D eigenvalue weighted by atomic mass is 19.4. The maximum atomic E-state index is 13.0. The fourth-order valence-electron chi connectivity index (χ4n) is 2.19. The van der Waals surface area contributed by atoms with Crippen molar-refractivity contribution < 1.29 is 79.0 Å². The van der Waals surface area contributed by atoms with E-state index < -0.39 is 71.7 Å². The number of halogens is 18. The molecular formula is C12H2F18N4. The van der Waals surface area contributed by atoms with Gasteiger partial charge in [0.25, 0.3) is 0 Å². The lowest BCUT2D eigenvalue weighted by Crippen LogP contribution is -2.40. The van der Waals surface area contributed by atoms with E-state index in [2.05, 4.69) is 0 Å². The first kappa shape index (κ1) is 29.5. The topological polar surface area (TPSA) is 49.4 Å². The zero-order valence-corrected chi connectivity index (χ0v) is 14.7. The van der Waals surface area contributed by atoms with Gasteiger partial charge in [-0.3, -0.25) is 0 Å². The van der Waals surface area contributed by atoms with E-state index >= 15 is 0 Å². The van der Waals surface area contributed by atoms with Crippen LogP contribution in [0.15, 0.2) is 43.2 Å². The second-order valence-electron chi connectivity index (χ2n) is 5.90. The summed E-state index contributed by atoms with van der Waals surface area (Å²) in [6.45, 7) is 0. The summed E-state index contributed by atoms with van der Waals surface area (Å²) >= 11 is 0. The lowest BCUT2D eigenvalue weighted by atomic mass is 10.0. The highest BCUT2D eigenvalue weighted by Crippen LogP contribution is 2.51. The minimum atomic E-state index is -6.77. The van der Waals surface area contributed by atoms with Gasteiger partial charge in [0.15, 0.2) is 23.2 Å². The standard InChI is InChI=1S/C12H2F18N4/c13-7(14,15)3(8(16,17)18)1-5(11(25,26)27)33-32-2(6(34-31-1)12(28,29)30)4(9(19,20)21)10(22,23)24/h3-4H/b5-1-,6-2-,31-1?,32-2?,33-5?,33-32-,34-6?,34-31-. The molecule has 0 aliphatic carbocycles. The summed E-state index contributed by atoms with van der Waals surface area (Å²) in [6, 6.07) is 0. The molecule has 0 saturated heterocycles. The van der Waals surface area contributed by atoms with E-state index in [-0.39, 0.29) is 0 Å². The third kappa shape index (κ3) is 6.73. The van der Waals surface area contributed by atoms with Crippen molar-refractivity contribution in [2.24, 2.45) is 32.3 Å². The molecule has 1 heterocycles. The van der Waals surface area contributed by atoms with Gasteiger partial charge in [0.1, 0.15) is 11.4 Å². The van der Waals surface area contributed by atoms with Gasteiger partial charge in [-0.2, -0.15) is 89.3 Å². The van der Waals surface area contributed by atoms with Crippen molar-refractivity contribution in [2.75, 3.05) is 0 Å².